The Morgan fingerprint density at radius 2 is 1.24 bits per heavy atom. The summed E-state index contributed by atoms with van der Waals surface area (Å²) in [6.07, 6.45) is 6.45. The molecule has 0 amide bonds. The van der Waals surface area contributed by atoms with E-state index in [2.05, 4.69) is 133 Å². The molecule has 192 valence electrons. The van der Waals surface area contributed by atoms with E-state index in [4.69, 9.17) is 4.42 Å². The largest absolute Gasteiger partial charge is 0.455 e. The Morgan fingerprint density at radius 1 is 0.561 bits per heavy atom. The van der Waals surface area contributed by atoms with Gasteiger partial charge in [0.1, 0.15) is 11.5 Å². The highest BCUT2D eigenvalue weighted by atomic mass is 16.3. The summed E-state index contributed by atoms with van der Waals surface area (Å²) in [5, 5.41) is 4.84. The summed E-state index contributed by atoms with van der Waals surface area (Å²) in [7, 11) is 0. The van der Waals surface area contributed by atoms with Crippen LogP contribution in [-0.2, 0) is 6.42 Å². The third-order valence-corrected chi connectivity index (χ3v) is 8.20. The van der Waals surface area contributed by atoms with Crippen LogP contribution in [0, 0.1) is 12.1 Å². The number of hydrogen-bond acceptors (Lipinski definition) is 1. The van der Waals surface area contributed by atoms with Crippen molar-refractivity contribution in [2.75, 3.05) is 0 Å². The van der Waals surface area contributed by atoms with Crippen LogP contribution in [0.4, 0.5) is 0 Å². The molecule has 7 aromatic rings. The fraction of sp³-hybridized carbons (Fsp3) is 0.0500. The lowest BCUT2D eigenvalue weighted by Crippen LogP contribution is -1.96. The van der Waals surface area contributed by atoms with Crippen molar-refractivity contribution >= 4 is 27.6 Å². The second kappa shape index (κ2) is 9.70. The van der Waals surface area contributed by atoms with E-state index >= 15 is 0 Å². The molecule has 0 saturated carbocycles. The van der Waals surface area contributed by atoms with Crippen molar-refractivity contribution in [3.63, 3.8) is 0 Å². The minimum absolute atomic E-state index is 0.926. The highest BCUT2D eigenvalue weighted by Gasteiger charge is 2.27. The van der Waals surface area contributed by atoms with Gasteiger partial charge in [0, 0.05) is 33.4 Å². The molecular formula is C40H26O. The number of hydrogen-bond donors (Lipinski definition) is 0. The molecule has 8 rings (SSSR count). The molecule has 0 unspecified atom stereocenters. The van der Waals surface area contributed by atoms with Crippen molar-refractivity contribution in [3.05, 3.63) is 151 Å². The second-order valence-electron chi connectivity index (χ2n) is 10.6. The predicted molar refractivity (Wildman–Crippen MR) is 170 cm³/mol. The highest BCUT2D eigenvalue weighted by molar-refractivity contribution is 6.21. The maximum Gasteiger partial charge on any atom is 0.142 e. The summed E-state index contributed by atoms with van der Waals surface area (Å²) in [4.78, 5) is 0. The number of benzene rings is 5. The van der Waals surface area contributed by atoms with Gasteiger partial charge in [0.15, 0.2) is 0 Å². The average molecular weight is 523 g/mol. The molecule has 0 bridgehead atoms. The lowest BCUT2D eigenvalue weighted by atomic mass is 9.85. The monoisotopic (exact) mass is 522 g/mol. The molecule has 1 heterocycles. The van der Waals surface area contributed by atoms with E-state index in [1.54, 1.807) is 0 Å². The van der Waals surface area contributed by atoms with E-state index in [1.165, 1.54) is 43.8 Å². The number of fused-ring (bicyclic) bond motifs is 4. The summed E-state index contributed by atoms with van der Waals surface area (Å²) in [6.45, 7) is 0. The SMILES string of the molecule is c1cccc(-c2c(-c3oc(-c4cccc(-c5ccccc5)c4)c4c3CCC=C4)c3ccccc3c3ccccc23)c#1. The number of rotatable bonds is 4. The second-order valence-corrected chi connectivity index (χ2v) is 10.6. The minimum atomic E-state index is 0.926. The molecule has 1 nitrogen and oxygen atoms in total. The molecule has 1 heteroatoms. The Kier molecular flexibility index (Phi) is 5.57. The lowest BCUT2D eigenvalue weighted by molar-refractivity contribution is 0.595. The fourth-order valence-corrected chi connectivity index (χ4v) is 6.37. The molecular weight excluding hydrogens is 496 g/mol. The van der Waals surface area contributed by atoms with Gasteiger partial charge in [-0.2, -0.15) is 0 Å². The van der Waals surface area contributed by atoms with Crippen LogP contribution in [0.3, 0.4) is 0 Å². The zero-order chi connectivity index (χ0) is 27.2. The van der Waals surface area contributed by atoms with Crippen LogP contribution < -0.4 is 0 Å². The van der Waals surface area contributed by atoms with Gasteiger partial charge in [-0.05, 0) is 63.7 Å². The number of allylic oxidation sites excluding steroid dienone is 1. The van der Waals surface area contributed by atoms with E-state index in [9.17, 15) is 0 Å². The molecule has 0 aliphatic heterocycles. The maximum atomic E-state index is 7.07. The molecule has 0 atom stereocenters. The topological polar surface area (TPSA) is 13.1 Å². The third kappa shape index (κ3) is 3.88. The predicted octanol–water partition coefficient (Wildman–Crippen LogP) is 10.8. The van der Waals surface area contributed by atoms with Crippen molar-refractivity contribution in [2.45, 2.75) is 12.8 Å². The zero-order valence-corrected chi connectivity index (χ0v) is 22.5. The van der Waals surface area contributed by atoms with Gasteiger partial charge >= 0.3 is 0 Å². The first-order chi connectivity index (χ1) is 20.4. The van der Waals surface area contributed by atoms with Crippen LogP contribution in [0.2, 0.25) is 0 Å². The van der Waals surface area contributed by atoms with E-state index < -0.39 is 0 Å². The summed E-state index contributed by atoms with van der Waals surface area (Å²) in [5.74, 6) is 1.88. The van der Waals surface area contributed by atoms with Gasteiger partial charge in [0.25, 0.3) is 0 Å². The van der Waals surface area contributed by atoms with E-state index in [1.807, 2.05) is 12.1 Å². The van der Waals surface area contributed by atoms with Gasteiger partial charge in [-0.15, -0.1) is 0 Å². The molecule has 1 aliphatic rings. The van der Waals surface area contributed by atoms with Crippen LogP contribution in [0.5, 0.6) is 0 Å². The van der Waals surface area contributed by atoms with Crippen LogP contribution in [0.25, 0.3) is 72.5 Å². The molecule has 1 aromatic heterocycles. The van der Waals surface area contributed by atoms with Gasteiger partial charge in [-0.1, -0.05) is 127 Å². The Hall–Kier alpha value is -5.32. The van der Waals surface area contributed by atoms with Crippen LogP contribution >= 0.6 is 0 Å². The highest BCUT2D eigenvalue weighted by Crippen LogP contribution is 2.49. The summed E-state index contributed by atoms with van der Waals surface area (Å²) >= 11 is 0. The van der Waals surface area contributed by atoms with Gasteiger partial charge in [0.2, 0.25) is 0 Å². The minimum Gasteiger partial charge on any atom is -0.455 e. The number of furan rings is 1. The molecule has 1 aliphatic carbocycles. The molecule has 41 heavy (non-hydrogen) atoms. The quantitative estimate of drug-likeness (QED) is 0.210. The Balaban J connectivity index is 1.46. The molecule has 0 saturated heterocycles. The lowest BCUT2D eigenvalue weighted by Gasteiger charge is -2.17. The molecule has 0 fully saturated rings. The van der Waals surface area contributed by atoms with Crippen LogP contribution in [-0.4, -0.2) is 0 Å². The van der Waals surface area contributed by atoms with Gasteiger partial charge < -0.3 is 4.42 Å². The van der Waals surface area contributed by atoms with Crippen molar-refractivity contribution in [3.8, 4) is 44.9 Å². The van der Waals surface area contributed by atoms with Gasteiger partial charge in [-0.25, -0.2) is 0 Å². The maximum absolute atomic E-state index is 7.07. The standard InChI is InChI=1S/C40H26O/c1-3-14-27(15-4-1)29-18-13-19-30(26-29)39-35-24-11-12-25-36(35)40(41-39)38-34-23-10-8-21-32(34)31-20-7-9-22-33(31)37(38)28-16-5-2-6-17-28/h1-5,7-11,13-16,18-24,26H,12,25H2. The van der Waals surface area contributed by atoms with Crippen LogP contribution in [0.15, 0.2) is 132 Å². The molecule has 0 radical (unpaired) electrons. The van der Waals surface area contributed by atoms with Crippen molar-refractivity contribution in [1.82, 2.24) is 0 Å². The van der Waals surface area contributed by atoms with Gasteiger partial charge in [-0.3, -0.25) is 0 Å². The summed E-state index contributed by atoms with van der Waals surface area (Å²) < 4.78 is 7.07. The van der Waals surface area contributed by atoms with Gasteiger partial charge in [0.05, 0.1) is 0 Å². The van der Waals surface area contributed by atoms with Crippen molar-refractivity contribution in [2.24, 2.45) is 0 Å². The Morgan fingerprint density at radius 3 is 2.00 bits per heavy atom. The van der Waals surface area contributed by atoms with Crippen molar-refractivity contribution in [1.29, 1.82) is 0 Å². The third-order valence-electron chi connectivity index (χ3n) is 8.20. The van der Waals surface area contributed by atoms with Crippen molar-refractivity contribution < 1.29 is 4.42 Å². The van der Waals surface area contributed by atoms with E-state index in [0.29, 0.717) is 0 Å². The first-order valence-electron chi connectivity index (χ1n) is 14.2. The molecule has 0 spiro atoms. The normalized spacial score (nSPS) is 12.4. The van der Waals surface area contributed by atoms with Crippen LogP contribution in [0.1, 0.15) is 17.5 Å². The smallest absolute Gasteiger partial charge is 0.142 e. The Labute approximate surface area is 240 Å². The van der Waals surface area contributed by atoms with E-state index in [-0.39, 0.29) is 0 Å². The Bertz CT molecular complexity index is 2080. The molecule has 0 N–H and O–H groups in total. The first kappa shape index (κ1) is 23.6. The van der Waals surface area contributed by atoms with E-state index in [0.717, 1.165) is 46.6 Å². The summed E-state index contributed by atoms with van der Waals surface area (Å²) in [5.41, 5.74) is 9.22. The molecule has 6 aromatic carbocycles. The zero-order valence-electron chi connectivity index (χ0n) is 22.5. The average Bonchev–Trinajstić information content (AvgIpc) is 3.44. The first-order valence-corrected chi connectivity index (χ1v) is 14.2. The summed E-state index contributed by atoms with van der Waals surface area (Å²) in [6, 6.07) is 49.4. The fourth-order valence-electron chi connectivity index (χ4n) is 6.37.